The Morgan fingerprint density at radius 1 is 0.724 bits per heavy atom. The number of hydrogen-bond donors (Lipinski definition) is 0. The second kappa shape index (κ2) is 12.6. The van der Waals surface area contributed by atoms with E-state index in [2.05, 4.69) is 13.8 Å². The van der Waals surface area contributed by atoms with Gasteiger partial charge >= 0.3 is 11.9 Å². The third-order valence-electron chi connectivity index (χ3n) is 4.34. The summed E-state index contributed by atoms with van der Waals surface area (Å²) in [7, 11) is 0. The molecule has 0 fully saturated rings. The van der Waals surface area contributed by atoms with Crippen LogP contribution in [0.5, 0.6) is 5.75 Å². The van der Waals surface area contributed by atoms with Crippen LogP contribution in [0.15, 0.2) is 54.6 Å². The Labute approximate surface area is 173 Å². The summed E-state index contributed by atoms with van der Waals surface area (Å²) in [6.07, 6.45) is 4.28. The molecule has 0 saturated heterocycles. The molecule has 0 atom stereocenters. The quantitative estimate of drug-likeness (QED) is 0.359. The first-order valence-electron chi connectivity index (χ1n) is 10.2. The fourth-order valence-electron chi connectivity index (χ4n) is 2.72. The van der Waals surface area contributed by atoms with E-state index in [4.69, 9.17) is 14.2 Å². The molecule has 0 bridgehead atoms. The predicted molar refractivity (Wildman–Crippen MR) is 112 cm³/mol. The van der Waals surface area contributed by atoms with Crippen LogP contribution in [0.3, 0.4) is 0 Å². The van der Waals surface area contributed by atoms with Crippen molar-refractivity contribution in [3.8, 4) is 5.75 Å². The van der Waals surface area contributed by atoms with Crippen LogP contribution in [-0.4, -0.2) is 31.8 Å². The van der Waals surface area contributed by atoms with Crippen LogP contribution >= 0.6 is 0 Å². The molecule has 0 unspecified atom stereocenters. The number of para-hydroxylation sites is 1. The average Bonchev–Trinajstić information content (AvgIpc) is 2.74. The Morgan fingerprint density at radius 3 is 1.90 bits per heavy atom. The lowest BCUT2D eigenvalue weighted by Crippen LogP contribution is -2.13. The van der Waals surface area contributed by atoms with Gasteiger partial charge in [0.1, 0.15) is 19.0 Å². The fourth-order valence-corrected chi connectivity index (χ4v) is 2.72. The third kappa shape index (κ3) is 8.81. The molecular weight excluding hydrogens is 368 g/mol. The van der Waals surface area contributed by atoms with E-state index < -0.39 is 5.97 Å². The van der Waals surface area contributed by atoms with Crippen molar-refractivity contribution in [2.24, 2.45) is 5.92 Å². The normalized spacial score (nSPS) is 10.6. The van der Waals surface area contributed by atoms with Gasteiger partial charge in [-0.05, 0) is 48.7 Å². The Balaban J connectivity index is 1.66. The zero-order valence-corrected chi connectivity index (χ0v) is 17.3. The standard InChI is InChI=1S/C24H30O5/c1-19(2)9-5-4-8-16-28-23(25)20-12-14-21(15-13-20)24(26)29-18-17-27-22-10-6-3-7-11-22/h3,6-7,10-15,19H,4-5,8-9,16-18H2,1-2H3. The topological polar surface area (TPSA) is 61.8 Å². The Morgan fingerprint density at radius 2 is 1.31 bits per heavy atom. The van der Waals surface area contributed by atoms with E-state index in [1.54, 1.807) is 24.3 Å². The highest BCUT2D eigenvalue weighted by Crippen LogP contribution is 2.11. The van der Waals surface area contributed by atoms with Crippen LogP contribution in [-0.2, 0) is 9.47 Å². The lowest BCUT2D eigenvalue weighted by Gasteiger charge is -2.08. The lowest BCUT2D eigenvalue weighted by molar-refractivity contribution is 0.0447. The molecule has 0 heterocycles. The minimum atomic E-state index is -0.452. The van der Waals surface area contributed by atoms with Crippen LogP contribution in [0.4, 0.5) is 0 Å². The second-order valence-corrected chi connectivity index (χ2v) is 7.25. The minimum Gasteiger partial charge on any atom is -0.490 e. The summed E-state index contributed by atoms with van der Waals surface area (Å²) in [5, 5.41) is 0. The number of carbonyl (C=O) groups excluding carboxylic acids is 2. The zero-order valence-electron chi connectivity index (χ0n) is 17.3. The number of hydrogen-bond acceptors (Lipinski definition) is 5. The number of rotatable bonds is 12. The van der Waals surface area contributed by atoms with Crippen molar-refractivity contribution >= 4 is 11.9 Å². The molecule has 156 valence electrons. The van der Waals surface area contributed by atoms with E-state index >= 15 is 0 Å². The molecule has 29 heavy (non-hydrogen) atoms. The highest BCUT2D eigenvalue weighted by atomic mass is 16.6. The smallest absolute Gasteiger partial charge is 0.338 e. The summed E-state index contributed by atoms with van der Waals surface area (Å²) >= 11 is 0. The molecule has 0 radical (unpaired) electrons. The molecule has 2 aromatic carbocycles. The number of esters is 2. The minimum absolute atomic E-state index is 0.147. The largest absolute Gasteiger partial charge is 0.490 e. The SMILES string of the molecule is CC(C)CCCCCOC(=O)c1ccc(C(=O)OCCOc2ccccc2)cc1. The van der Waals surface area contributed by atoms with E-state index in [-0.39, 0.29) is 19.2 Å². The average molecular weight is 398 g/mol. The van der Waals surface area contributed by atoms with Gasteiger partial charge < -0.3 is 14.2 Å². The van der Waals surface area contributed by atoms with Crippen molar-refractivity contribution in [3.63, 3.8) is 0 Å². The zero-order chi connectivity index (χ0) is 20.9. The van der Waals surface area contributed by atoms with Gasteiger partial charge in [-0.25, -0.2) is 9.59 Å². The maximum Gasteiger partial charge on any atom is 0.338 e. The van der Waals surface area contributed by atoms with Crippen LogP contribution < -0.4 is 4.74 Å². The van der Waals surface area contributed by atoms with E-state index in [0.717, 1.165) is 25.0 Å². The number of carbonyl (C=O) groups is 2. The van der Waals surface area contributed by atoms with E-state index in [1.807, 2.05) is 30.3 Å². The summed E-state index contributed by atoms with van der Waals surface area (Å²) < 4.78 is 16.0. The highest BCUT2D eigenvalue weighted by Gasteiger charge is 2.11. The van der Waals surface area contributed by atoms with E-state index in [1.165, 1.54) is 6.42 Å². The van der Waals surface area contributed by atoms with E-state index in [9.17, 15) is 9.59 Å². The second-order valence-electron chi connectivity index (χ2n) is 7.25. The summed E-state index contributed by atoms with van der Waals surface area (Å²) in [5.74, 6) is 0.613. The molecule has 2 aromatic rings. The van der Waals surface area contributed by atoms with Gasteiger partial charge in [-0.3, -0.25) is 0 Å². The summed E-state index contributed by atoms with van der Waals surface area (Å²) in [6, 6.07) is 15.6. The van der Waals surface area contributed by atoms with E-state index in [0.29, 0.717) is 23.7 Å². The molecule has 0 amide bonds. The van der Waals surface area contributed by atoms with Crippen molar-refractivity contribution in [2.75, 3.05) is 19.8 Å². The molecule has 2 rings (SSSR count). The Kier molecular flexibility index (Phi) is 9.76. The summed E-state index contributed by atoms with van der Waals surface area (Å²) in [5.41, 5.74) is 0.811. The van der Waals surface area contributed by atoms with Crippen molar-refractivity contribution in [1.29, 1.82) is 0 Å². The fraction of sp³-hybridized carbons (Fsp3) is 0.417. The first-order chi connectivity index (χ1) is 14.1. The van der Waals surface area contributed by atoms with Gasteiger partial charge in [0.05, 0.1) is 17.7 Å². The monoisotopic (exact) mass is 398 g/mol. The first-order valence-corrected chi connectivity index (χ1v) is 10.2. The Hall–Kier alpha value is -2.82. The predicted octanol–water partition coefficient (Wildman–Crippen LogP) is 5.30. The molecule has 0 N–H and O–H groups in total. The van der Waals surface area contributed by atoms with Gasteiger partial charge in [-0.2, -0.15) is 0 Å². The van der Waals surface area contributed by atoms with Crippen molar-refractivity contribution in [2.45, 2.75) is 39.5 Å². The van der Waals surface area contributed by atoms with Gasteiger partial charge in [0, 0.05) is 0 Å². The third-order valence-corrected chi connectivity index (χ3v) is 4.34. The van der Waals surface area contributed by atoms with Crippen LogP contribution in [0.25, 0.3) is 0 Å². The molecule has 0 aromatic heterocycles. The molecule has 0 saturated carbocycles. The maximum atomic E-state index is 12.1. The molecular formula is C24H30O5. The molecule has 5 nitrogen and oxygen atoms in total. The van der Waals surface area contributed by atoms with Gasteiger partial charge in [0.25, 0.3) is 0 Å². The van der Waals surface area contributed by atoms with Crippen molar-refractivity contribution in [1.82, 2.24) is 0 Å². The van der Waals surface area contributed by atoms with Crippen LogP contribution in [0.2, 0.25) is 0 Å². The van der Waals surface area contributed by atoms with Gasteiger partial charge in [-0.15, -0.1) is 0 Å². The van der Waals surface area contributed by atoms with Crippen molar-refractivity contribution in [3.05, 3.63) is 65.7 Å². The molecule has 0 aliphatic heterocycles. The summed E-state index contributed by atoms with van der Waals surface area (Å²) in [6.45, 7) is 5.25. The molecule has 0 spiro atoms. The van der Waals surface area contributed by atoms with Crippen LogP contribution in [0.1, 0.15) is 60.2 Å². The van der Waals surface area contributed by atoms with Gasteiger partial charge in [0.15, 0.2) is 0 Å². The number of ether oxygens (including phenoxy) is 3. The van der Waals surface area contributed by atoms with Gasteiger partial charge in [0.2, 0.25) is 0 Å². The van der Waals surface area contributed by atoms with Crippen LogP contribution in [0, 0.1) is 5.92 Å². The summed E-state index contributed by atoms with van der Waals surface area (Å²) in [4.78, 5) is 24.1. The molecule has 5 heteroatoms. The van der Waals surface area contributed by atoms with Gasteiger partial charge in [-0.1, -0.05) is 51.3 Å². The van der Waals surface area contributed by atoms with Crippen molar-refractivity contribution < 1.29 is 23.8 Å². The molecule has 0 aliphatic rings. The highest BCUT2D eigenvalue weighted by molar-refractivity contribution is 5.93. The maximum absolute atomic E-state index is 12.1. The Bertz CT molecular complexity index is 738. The molecule has 0 aliphatic carbocycles. The number of unbranched alkanes of at least 4 members (excludes halogenated alkanes) is 2. The number of benzene rings is 2. The first kappa shape index (κ1) is 22.5. The lowest BCUT2D eigenvalue weighted by atomic mass is 10.1.